The molecule has 29 heavy (non-hydrogen) atoms. The number of anilines is 1. The molecule has 0 spiro atoms. The van der Waals surface area contributed by atoms with Crippen molar-refractivity contribution in [1.82, 2.24) is 4.57 Å². The summed E-state index contributed by atoms with van der Waals surface area (Å²) in [4.78, 5) is 26.0. The first-order valence-electron chi connectivity index (χ1n) is 8.87. The van der Waals surface area contributed by atoms with Crippen molar-refractivity contribution in [3.8, 4) is 5.69 Å². The Hall–Kier alpha value is -3.33. The van der Waals surface area contributed by atoms with E-state index in [1.165, 1.54) is 6.07 Å². The number of benzene rings is 2. The lowest BCUT2D eigenvalue weighted by atomic mass is 10.1. The third-order valence-corrected chi connectivity index (χ3v) is 5.05. The van der Waals surface area contributed by atoms with Gasteiger partial charge in [-0.05, 0) is 30.7 Å². The second kappa shape index (κ2) is 6.93. The van der Waals surface area contributed by atoms with Crippen molar-refractivity contribution < 1.29 is 23.1 Å². The Morgan fingerprint density at radius 1 is 1.10 bits per heavy atom. The van der Waals surface area contributed by atoms with Crippen LogP contribution in [0.5, 0.6) is 0 Å². The standard InChI is InChI=1S/C20H16F3N3O3/c21-10-1-2-16(14(22)5-10)26-9-13(20(28)29)19(27)12-6-15(23)18(7-17(12)26)25-4-3-11(24)8-25/h1-2,5-7,9,11H,3-4,8,24H2,(H,28,29)/p+1/t11-/m0/s1. The largest absolute Gasteiger partial charge is 0.561 e. The molecule has 0 bridgehead atoms. The van der Waals surface area contributed by atoms with Gasteiger partial charge in [0.15, 0.2) is 5.56 Å². The topological polar surface area (TPSA) is 91.2 Å². The van der Waals surface area contributed by atoms with E-state index < -0.39 is 34.4 Å². The number of aromatic nitrogens is 1. The Bertz CT molecular complexity index is 1210. The first-order valence-corrected chi connectivity index (χ1v) is 8.87. The predicted molar refractivity (Wildman–Crippen MR) is 102 cm³/mol. The van der Waals surface area contributed by atoms with Gasteiger partial charge in [0.1, 0.15) is 17.5 Å². The second-order valence-corrected chi connectivity index (χ2v) is 6.98. The smallest absolute Gasteiger partial charge is 0.554 e. The van der Waals surface area contributed by atoms with E-state index in [9.17, 15) is 22.8 Å². The van der Waals surface area contributed by atoms with Crippen LogP contribution in [0, 0.1) is 17.5 Å². The Morgan fingerprint density at radius 3 is 2.45 bits per heavy atom. The van der Waals surface area contributed by atoms with E-state index in [0.717, 1.165) is 29.0 Å². The number of hydrogen-bond donors (Lipinski definition) is 1. The molecule has 9 heteroatoms. The third-order valence-electron chi connectivity index (χ3n) is 5.05. The van der Waals surface area contributed by atoms with Gasteiger partial charge < -0.3 is 20.3 Å². The number of carbonyl (C=O) groups excluding carboxylic acids is 1. The van der Waals surface area contributed by atoms with Crippen LogP contribution in [0.1, 0.15) is 16.8 Å². The zero-order valence-electron chi connectivity index (χ0n) is 15.1. The minimum Gasteiger partial charge on any atom is -0.561 e. The fourth-order valence-electron chi connectivity index (χ4n) is 3.62. The molecule has 1 aliphatic rings. The highest BCUT2D eigenvalue weighted by atomic mass is 19.1. The van der Waals surface area contributed by atoms with Crippen molar-refractivity contribution in [1.29, 1.82) is 0 Å². The molecule has 4 rings (SSSR count). The average Bonchev–Trinajstić information content (AvgIpc) is 3.08. The average molecular weight is 404 g/mol. The Morgan fingerprint density at radius 2 is 1.83 bits per heavy atom. The maximum absolute atomic E-state index is 14.8. The van der Waals surface area contributed by atoms with Crippen molar-refractivity contribution in [2.45, 2.75) is 12.5 Å². The molecule has 6 nitrogen and oxygen atoms in total. The Balaban J connectivity index is 2.05. The van der Waals surface area contributed by atoms with Crippen LogP contribution in [0.25, 0.3) is 16.6 Å². The van der Waals surface area contributed by atoms with Crippen molar-refractivity contribution >= 4 is 22.6 Å². The summed E-state index contributed by atoms with van der Waals surface area (Å²) in [5, 5.41) is 7.13. The summed E-state index contributed by atoms with van der Waals surface area (Å²) in [6.07, 6.45) is 1.69. The molecular formula is C20H17F3N3O3+. The van der Waals surface area contributed by atoms with Crippen LogP contribution in [0.3, 0.4) is 0 Å². The van der Waals surface area contributed by atoms with Gasteiger partial charge in [-0.3, -0.25) is 4.79 Å². The van der Waals surface area contributed by atoms with E-state index in [-0.39, 0.29) is 28.3 Å². The number of halogens is 3. The van der Waals surface area contributed by atoms with E-state index in [0.29, 0.717) is 25.6 Å². The fraction of sp³-hybridized carbons (Fsp3) is 0.200. The van der Waals surface area contributed by atoms with Gasteiger partial charge in [-0.25, -0.2) is 13.2 Å². The fourth-order valence-corrected chi connectivity index (χ4v) is 3.62. The number of carbonyl (C=O) groups is 1. The molecule has 0 unspecified atom stereocenters. The number of fused-ring (bicyclic) bond motifs is 1. The van der Waals surface area contributed by atoms with E-state index >= 15 is 0 Å². The summed E-state index contributed by atoms with van der Waals surface area (Å²) in [5.74, 6) is -3.72. The zero-order valence-corrected chi connectivity index (χ0v) is 15.1. The molecule has 1 aliphatic heterocycles. The number of rotatable bonds is 3. The summed E-state index contributed by atoms with van der Waals surface area (Å²) in [7, 11) is 0. The van der Waals surface area contributed by atoms with Crippen LogP contribution in [-0.4, -0.2) is 34.8 Å². The number of hydrogen-bond acceptors (Lipinski definition) is 4. The second-order valence-electron chi connectivity index (χ2n) is 6.98. The van der Waals surface area contributed by atoms with Crippen LogP contribution in [0.4, 0.5) is 18.9 Å². The predicted octanol–water partition coefficient (Wildman–Crippen LogP) is 1.81. The summed E-state index contributed by atoms with van der Waals surface area (Å²) in [6.45, 7) is 0.933. The van der Waals surface area contributed by atoms with Gasteiger partial charge in [0, 0.05) is 36.2 Å². The van der Waals surface area contributed by atoms with Crippen LogP contribution in [-0.2, 0) is 0 Å². The molecular weight excluding hydrogens is 387 g/mol. The molecule has 1 atom stereocenters. The summed E-state index contributed by atoms with van der Waals surface area (Å²) in [6, 6.07) is 5.05. The molecule has 1 aromatic heterocycles. The minimum atomic E-state index is -1.29. The summed E-state index contributed by atoms with van der Waals surface area (Å²) in [5.41, 5.74) is 4.69. The summed E-state index contributed by atoms with van der Waals surface area (Å²) < 4.78 is 43.8. The van der Waals surface area contributed by atoms with Gasteiger partial charge in [-0.15, -0.1) is 0 Å². The lowest BCUT2D eigenvalue weighted by Gasteiger charge is -2.21. The van der Waals surface area contributed by atoms with E-state index in [4.69, 9.17) is 10.8 Å². The molecule has 2 heterocycles. The van der Waals surface area contributed by atoms with Crippen LogP contribution in [0.15, 0.2) is 41.3 Å². The number of pyridine rings is 1. The minimum absolute atomic E-state index is 0.120. The van der Waals surface area contributed by atoms with Gasteiger partial charge in [0.2, 0.25) is 5.43 Å². The van der Waals surface area contributed by atoms with Gasteiger partial charge in [0.05, 0.1) is 22.3 Å². The van der Waals surface area contributed by atoms with Crippen molar-refractivity contribution in [2.24, 2.45) is 5.73 Å². The van der Waals surface area contributed by atoms with Gasteiger partial charge in [-0.2, -0.15) is 0 Å². The Kier molecular flexibility index (Phi) is 4.54. The van der Waals surface area contributed by atoms with Gasteiger partial charge >= 0.3 is 5.97 Å². The maximum Gasteiger partial charge on any atom is 0.554 e. The molecule has 0 saturated carbocycles. The highest BCUT2D eigenvalue weighted by Gasteiger charge is 2.26. The quantitative estimate of drug-likeness (QED) is 0.674. The van der Waals surface area contributed by atoms with Crippen LogP contribution >= 0.6 is 0 Å². The number of nitrogens with two attached hydrogens (primary N) is 1. The number of nitrogens with zero attached hydrogens (tertiary/aromatic N) is 2. The van der Waals surface area contributed by atoms with Gasteiger partial charge in [0.25, 0.3) is 0 Å². The van der Waals surface area contributed by atoms with E-state index in [1.54, 1.807) is 4.90 Å². The molecule has 0 amide bonds. The molecule has 2 aromatic carbocycles. The monoisotopic (exact) mass is 404 g/mol. The first kappa shape index (κ1) is 19.0. The highest BCUT2D eigenvalue weighted by molar-refractivity contribution is 5.94. The Labute approximate surface area is 162 Å². The molecule has 0 aliphatic carbocycles. The highest BCUT2D eigenvalue weighted by Crippen LogP contribution is 2.29. The van der Waals surface area contributed by atoms with Crippen LogP contribution in [0.2, 0.25) is 0 Å². The van der Waals surface area contributed by atoms with Crippen molar-refractivity contribution in [3.63, 3.8) is 0 Å². The SMILES string of the molecule is N[C@H]1CCN(c2cc3c(cc2F)c(=O)c(C(=O)[OH2+])cn3-c2ccc(F)cc2F)C1. The van der Waals surface area contributed by atoms with E-state index in [2.05, 4.69) is 0 Å². The third kappa shape index (κ3) is 3.23. The lowest BCUT2D eigenvalue weighted by Crippen LogP contribution is -2.27. The zero-order chi connectivity index (χ0) is 20.9. The van der Waals surface area contributed by atoms with Crippen LogP contribution < -0.4 is 16.1 Å². The maximum atomic E-state index is 14.8. The first-order chi connectivity index (χ1) is 13.8. The summed E-state index contributed by atoms with van der Waals surface area (Å²) >= 11 is 0. The molecule has 3 aromatic rings. The molecule has 4 N–H and O–H groups in total. The van der Waals surface area contributed by atoms with Crippen molar-refractivity contribution in [3.05, 3.63) is 69.8 Å². The molecule has 150 valence electrons. The van der Waals surface area contributed by atoms with Gasteiger partial charge in [-0.1, -0.05) is 0 Å². The molecule has 1 saturated heterocycles. The normalized spacial score (nSPS) is 16.6. The molecule has 0 radical (unpaired) electrons. The lowest BCUT2D eigenvalue weighted by molar-refractivity contribution is 0.0695. The molecule has 1 fully saturated rings. The van der Waals surface area contributed by atoms with E-state index in [1.807, 2.05) is 0 Å². The van der Waals surface area contributed by atoms with Crippen molar-refractivity contribution in [2.75, 3.05) is 18.0 Å².